The number of rotatable bonds is 7. The Labute approximate surface area is 192 Å². The van der Waals surface area contributed by atoms with Crippen molar-refractivity contribution in [3.63, 3.8) is 0 Å². The smallest absolute Gasteiger partial charge is 0.301 e. The zero-order valence-electron chi connectivity index (χ0n) is 17.1. The molecule has 1 amide bonds. The van der Waals surface area contributed by atoms with Crippen molar-refractivity contribution in [3.8, 4) is 5.75 Å². The normalized spacial score (nSPS) is 17.2. The van der Waals surface area contributed by atoms with Gasteiger partial charge in [0.05, 0.1) is 16.5 Å². The van der Waals surface area contributed by atoms with E-state index in [-0.39, 0.29) is 22.2 Å². The van der Waals surface area contributed by atoms with Gasteiger partial charge in [-0.15, -0.1) is 11.3 Å². The molecule has 1 unspecified atom stereocenters. The summed E-state index contributed by atoms with van der Waals surface area (Å²) in [4.78, 5) is 41.8. The minimum absolute atomic E-state index is 0.135. The second kappa shape index (κ2) is 9.05. The number of hydrogen-bond donors (Lipinski definition) is 1. The summed E-state index contributed by atoms with van der Waals surface area (Å²) >= 11 is 1.16. The number of benzene rings is 2. The lowest BCUT2D eigenvalue weighted by molar-refractivity contribution is -0.384. The maximum atomic E-state index is 13.0. The molecule has 1 aliphatic rings. The van der Waals surface area contributed by atoms with E-state index in [9.17, 15) is 24.8 Å². The number of nitrogens with zero attached hydrogens (tertiary/aromatic N) is 3. The van der Waals surface area contributed by atoms with Crippen molar-refractivity contribution in [2.45, 2.75) is 6.04 Å². The number of ketones is 1. The first kappa shape index (κ1) is 21.9. The Hall–Kier alpha value is -4.31. The van der Waals surface area contributed by atoms with Gasteiger partial charge in [-0.3, -0.25) is 24.6 Å². The zero-order valence-corrected chi connectivity index (χ0v) is 17.9. The summed E-state index contributed by atoms with van der Waals surface area (Å²) < 4.78 is 5.43. The Bertz CT molecular complexity index is 1250. The zero-order chi connectivity index (χ0) is 23.5. The number of Topliss-reactive ketones (excluding diaryl/α,β-unsaturated/α-hetero) is 1. The number of nitro groups is 1. The SMILES string of the molecule is C=CCOc1ccc(/C(O)=C2/C(=O)C(=O)N(c3nccs3)C2c2ccc([N+](=O)[O-])cc2)cc1. The van der Waals surface area contributed by atoms with Gasteiger partial charge >= 0.3 is 5.91 Å². The number of carbonyl (C=O) groups excluding carboxylic acids is 2. The van der Waals surface area contributed by atoms with Crippen LogP contribution in [0, 0.1) is 10.1 Å². The van der Waals surface area contributed by atoms with Crippen molar-refractivity contribution < 1.29 is 24.4 Å². The van der Waals surface area contributed by atoms with Crippen LogP contribution in [-0.2, 0) is 9.59 Å². The van der Waals surface area contributed by atoms with Crippen LogP contribution in [0.5, 0.6) is 5.75 Å². The van der Waals surface area contributed by atoms with Gasteiger partial charge in [-0.05, 0) is 42.0 Å². The molecule has 9 nitrogen and oxygen atoms in total. The fourth-order valence-corrected chi connectivity index (χ4v) is 4.15. The number of aromatic nitrogens is 1. The maximum Gasteiger partial charge on any atom is 0.301 e. The van der Waals surface area contributed by atoms with Gasteiger partial charge in [0.2, 0.25) is 0 Å². The number of non-ortho nitro benzene ring substituents is 1. The lowest BCUT2D eigenvalue weighted by atomic mass is 9.95. The van der Waals surface area contributed by atoms with Crippen LogP contribution >= 0.6 is 11.3 Å². The third-order valence-electron chi connectivity index (χ3n) is 4.99. The van der Waals surface area contributed by atoms with E-state index >= 15 is 0 Å². The van der Waals surface area contributed by atoms with Crippen LogP contribution in [0.1, 0.15) is 17.2 Å². The van der Waals surface area contributed by atoms with Gasteiger partial charge in [0.15, 0.2) is 5.13 Å². The quantitative estimate of drug-likeness (QED) is 0.139. The first-order valence-electron chi connectivity index (χ1n) is 9.71. The van der Waals surface area contributed by atoms with Crippen LogP contribution in [-0.4, -0.2) is 33.3 Å². The van der Waals surface area contributed by atoms with Crippen molar-refractivity contribution in [1.29, 1.82) is 0 Å². The number of carbonyl (C=O) groups is 2. The van der Waals surface area contributed by atoms with E-state index in [1.165, 1.54) is 35.4 Å². The minimum Gasteiger partial charge on any atom is -0.507 e. The molecule has 1 fully saturated rings. The molecule has 0 bridgehead atoms. The Morgan fingerprint density at radius 2 is 1.91 bits per heavy atom. The molecule has 166 valence electrons. The predicted molar refractivity (Wildman–Crippen MR) is 122 cm³/mol. The molecular weight excluding hydrogens is 446 g/mol. The maximum absolute atomic E-state index is 13.0. The van der Waals surface area contributed by atoms with E-state index in [1.807, 2.05) is 0 Å². The third kappa shape index (κ3) is 4.11. The second-order valence-corrected chi connectivity index (χ2v) is 7.83. The van der Waals surface area contributed by atoms with Crippen LogP contribution in [0.25, 0.3) is 5.76 Å². The van der Waals surface area contributed by atoms with Gasteiger partial charge in [-0.25, -0.2) is 4.98 Å². The van der Waals surface area contributed by atoms with E-state index in [4.69, 9.17) is 4.74 Å². The number of amides is 1. The van der Waals surface area contributed by atoms with E-state index < -0.39 is 22.7 Å². The molecular formula is C23H17N3O6S. The van der Waals surface area contributed by atoms with Gasteiger partial charge in [0.25, 0.3) is 11.5 Å². The molecule has 1 N–H and O–H groups in total. The number of thiazole rings is 1. The van der Waals surface area contributed by atoms with Crippen molar-refractivity contribution >= 4 is 39.6 Å². The second-order valence-electron chi connectivity index (χ2n) is 6.96. The minimum atomic E-state index is -1.01. The van der Waals surface area contributed by atoms with Gasteiger partial charge < -0.3 is 9.84 Å². The molecule has 33 heavy (non-hydrogen) atoms. The molecule has 4 rings (SSSR count). The van der Waals surface area contributed by atoms with E-state index in [1.54, 1.807) is 35.7 Å². The fourth-order valence-electron chi connectivity index (χ4n) is 3.48. The average Bonchev–Trinajstić information content (AvgIpc) is 3.44. The Morgan fingerprint density at radius 1 is 1.21 bits per heavy atom. The van der Waals surface area contributed by atoms with Gasteiger partial charge in [0, 0.05) is 29.3 Å². The lowest BCUT2D eigenvalue weighted by Crippen LogP contribution is -2.29. The first-order valence-corrected chi connectivity index (χ1v) is 10.6. The molecule has 1 aliphatic heterocycles. The molecule has 0 radical (unpaired) electrons. The molecule has 2 heterocycles. The highest BCUT2D eigenvalue weighted by molar-refractivity contribution is 7.14. The van der Waals surface area contributed by atoms with Crippen LogP contribution in [0.15, 0.2) is 78.3 Å². The molecule has 2 aromatic carbocycles. The topological polar surface area (TPSA) is 123 Å². The molecule has 3 aromatic rings. The summed E-state index contributed by atoms with van der Waals surface area (Å²) in [5.74, 6) is -1.55. The van der Waals surface area contributed by atoms with E-state index in [0.717, 1.165) is 11.3 Å². The predicted octanol–water partition coefficient (Wildman–Crippen LogP) is 4.24. The average molecular weight is 463 g/mol. The summed E-state index contributed by atoms with van der Waals surface area (Å²) in [6.07, 6.45) is 3.09. The Balaban J connectivity index is 1.83. The van der Waals surface area contributed by atoms with Gasteiger partial charge in [-0.1, -0.05) is 12.7 Å². The summed E-state index contributed by atoms with van der Waals surface area (Å²) in [5, 5.41) is 24.0. The Kier molecular flexibility index (Phi) is 6.01. The highest BCUT2D eigenvalue weighted by Gasteiger charge is 2.48. The van der Waals surface area contributed by atoms with Gasteiger partial charge in [-0.2, -0.15) is 0 Å². The molecule has 1 atom stereocenters. The number of aliphatic hydroxyl groups is 1. The Morgan fingerprint density at radius 3 is 2.48 bits per heavy atom. The van der Waals surface area contributed by atoms with Crippen LogP contribution in [0.2, 0.25) is 0 Å². The number of nitro benzene ring substituents is 1. The monoisotopic (exact) mass is 463 g/mol. The highest BCUT2D eigenvalue weighted by Crippen LogP contribution is 2.43. The summed E-state index contributed by atoms with van der Waals surface area (Å²) in [7, 11) is 0. The number of aliphatic hydroxyl groups excluding tert-OH is 1. The van der Waals surface area contributed by atoms with Crippen LogP contribution < -0.4 is 9.64 Å². The van der Waals surface area contributed by atoms with Gasteiger partial charge in [0.1, 0.15) is 18.1 Å². The van der Waals surface area contributed by atoms with Crippen molar-refractivity contribution in [2.24, 2.45) is 0 Å². The van der Waals surface area contributed by atoms with E-state index in [2.05, 4.69) is 11.6 Å². The molecule has 10 heteroatoms. The summed E-state index contributed by atoms with van der Waals surface area (Å²) in [6.45, 7) is 3.89. The van der Waals surface area contributed by atoms with Crippen molar-refractivity contribution in [1.82, 2.24) is 4.98 Å². The lowest BCUT2D eigenvalue weighted by Gasteiger charge is -2.22. The van der Waals surface area contributed by atoms with Crippen molar-refractivity contribution in [3.05, 3.63) is 99.6 Å². The third-order valence-corrected chi connectivity index (χ3v) is 5.76. The fraction of sp³-hybridized carbons (Fsp3) is 0.0870. The first-order chi connectivity index (χ1) is 15.9. The highest BCUT2D eigenvalue weighted by atomic mass is 32.1. The number of ether oxygens (including phenoxy) is 1. The van der Waals surface area contributed by atoms with Crippen LogP contribution in [0.4, 0.5) is 10.8 Å². The van der Waals surface area contributed by atoms with Crippen LogP contribution in [0.3, 0.4) is 0 Å². The van der Waals surface area contributed by atoms with E-state index in [0.29, 0.717) is 23.5 Å². The summed E-state index contributed by atoms with van der Waals surface area (Å²) in [6, 6.07) is 10.8. The molecule has 0 saturated carbocycles. The molecule has 1 saturated heterocycles. The molecule has 0 spiro atoms. The standard InChI is InChI=1S/C23H17N3O6S/c1-2-12-32-17-9-5-15(6-10-17)20(27)18-19(14-3-7-16(8-4-14)26(30)31)25(22(29)21(18)28)23-24-11-13-33-23/h2-11,13,19,27H,1,12H2/b20-18-. The van der Waals surface area contributed by atoms with Crippen molar-refractivity contribution in [2.75, 3.05) is 11.5 Å². The molecule has 1 aromatic heterocycles. The number of anilines is 1. The number of hydrogen-bond acceptors (Lipinski definition) is 8. The summed E-state index contributed by atoms with van der Waals surface area (Å²) in [5.41, 5.74) is 0.455. The largest absolute Gasteiger partial charge is 0.507 e. The molecule has 0 aliphatic carbocycles.